The highest BCUT2D eigenvalue weighted by Crippen LogP contribution is 2.31. The first-order valence-corrected chi connectivity index (χ1v) is 8.08. The Balaban J connectivity index is 1.81. The first-order chi connectivity index (χ1) is 11.0. The predicted octanol–water partition coefficient (Wildman–Crippen LogP) is 3.58. The van der Waals surface area contributed by atoms with Crippen LogP contribution in [0.3, 0.4) is 0 Å². The molecule has 3 rings (SSSR count). The van der Waals surface area contributed by atoms with Gasteiger partial charge in [-0.15, -0.1) is 0 Å². The Kier molecular flexibility index (Phi) is 4.48. The van der Waals surface area contributed by atoms with Crippen LogP contribution in [0, 0.1) is 24.5 Å². The van der Waals surface area contributed by atoms with Gasteiger partial charge in [0.1, 0.15) is 28.5 Å². The zero-order valence-corrected chi connectivity index (χ0v) is 14.1. The molecule has 0 atom stereocenters. The van der Waals surface area contributed by atoms with E-state index in [1.165, 1.54) is 6.07 Å². The molecule has 0 unspecified atom stereocenters. The van der Waals surface area contributed by atoms with E-state index in [0.29, 0.717) is 18.3 Å². The molecule has 0 amide bonds. The summed E-state index contributed by atoms with van der Waals surface area (Å²) in [6.07, 6.45) is 2.26. The van der Waals surface area contributed by atoms with Crippen molar-refractivity contribution in [2.45, 2.75) is 32.9 Å². The SMILES string of the molecule is Cc1nc(OCc2ccc(F)cc2F)c(Br)c(=O)n1CC1CC1. The topological polar surface area (TPSA) is 44.1 Å². The van der Waals surface area contributed by atoms with Crippen molar-refractivity contribution in [3.05, 3.63) is 56.0 Å². The van der Waals surface area contributed by atoms with Crippen LogP contribution in [0.25, 0.3) is 0 Å². The van der Waals surface area contributed by atoms with E-state index in [0.717, 1.165) is 25.0 Å². The van der Waals surface area contributed by atoms with Gasteiger partial charge >= 0.3 is 0 Å². The summed E-state index contributed by atoms with van der Waals surface area (Å²) in [5.41, 5.74) is -0.0149. The van der Waals surface area contributed by atoms with Gasteiger partial charge in [-0.25, -0.2) is 8.78 Å². The molecular formula is C16H15BrF2N2O2. The van der Waals surface area contributed by atoms with Crippen LogP contribution >= 0.6 is 15.9 Å². The van der Waals surface area contributed by atoms with E-state index < -0.39 is 11.6 Å². The van der Waals surface area contributed by atoms with Gasteiger partial charge in [-0.1, -0.05) is 0 Å². The third kappa shape index (κ3) is 3.60. The van der Waals surface area contributed by atoms with Crippen molar-refractivity contribution < 1.29 is 13.5 Å². The van der Waals surface area contributed by atoms with E-state index in [1.54, 1.807) is 11.5 Å². The monoisotopic (exact) mass is 384 g/mol. The number of aromatic nitrogens is 2. The normalized spacial score (nSPS) is 14.1. The summed E-state index contributed by atoms with van der Waals surface area (Å²) in [5.74, 6) is -0.132. The minimum absolute atomic E-state index is 0.114. The number of hydrogen-bond donors (Lipinski definition) is 0. The Bertz CT molecular complexity index is 803. The van der Waals surface area contributed by atoms with Crippen LogP contribution < -0.4 is 10.3 Å². The molecule has 23 heavy (non-hydrogen) atoms. The molecule has 7 heteroatoms. The molecule has 2 aromatic rings. The third-order valence-corrected chi connectivity index (χ3v) is 4.47. The van der Waals surface area contributed by atoms with E-state index in [4.69, 9.17) is 4.74 Å². The van der Waals surface area contributed by atoms with E-state index in [-0.39, 0.29) is 28.1 Å². The van der Waals surface area contributed by atoms with Crippen LogP contribution in [0.15, 0.2) is 27.5 Å². The number of nitrogens with zero attached hydrogens (tertiary/aromatic N) is 2. The van der Waals surface area contributed by atoms with Gasteiger partial charge in [0.15, 0.2) is 0 Å². The maximum absolute atomic E-state index is 13.6. The molecule has 0 saturated heterocycles. The second-order valence-electron chi connectivity index (χ2n) is 5.66. The number of ether oxygens (including phenoxy) is 1. The molecule has 1 aromatic heterocycles. The highest BCUT2D eigenvalue weighted by atomic mass is 79.9. The summed E-state index contributed by atoms with van der Waals surface area (Å²) in [5, 5.41) is 0. The smallest absolute Gasteiger partial charge is 0.271 e. The first kappa shape index (κ1) is 16.1. The lowest BCUT2D eigenvalue weighted by Crippen LogP contribution is -2.26. The van der Waals surface area contributed by atoms with Gasteiger partial charge in [0.2, 0.25) is 5.88 Å². The maximum atomic E-state index is 13.6. The zero-order valence-electron chi connectivity index (χ0n) is 12.5. The minimum atomic E-state index is -0.695. The fourth-order valence-corrected chi connectivity index (χ4v) is 2.68. The lowest BCUT2D eigenvalue weighted by atomic mass is 10.2. The second kappa shape index (κ2) is 6.39. The summed E-state index contributed by atoms with van der Waals surface area (Å²) < 4.78 is 33.8. The first-order valence-electron chi connectivity index (χ1n) is 7.29. The Labute approximate surface area is 140 Å². The van der Waals surface area contributed by atoms with E-state index in [9.17, 15) is 13.6 Å². The number of halogens is 3. The van der Waals surface area contributed by atoms with Gasteiger partial charge in [-0.3, -0.25) is 9.36 Å². The van der Waals surface area contributed by atoms with Crippen molar-refractivity contribution in [1.82, 2.24) is 9.55 Å². The van der Waals surface area contributed by atoms with Gasteiger partial charge in [0.25, 0.3) is 5.56 Å². The van der Waals surface area contributed by atoms with Gasteiger partial charge in [0.05, 0.1) is 0 Å². The molecule has 0 N–H and O–H groups in total. The number of aryl methyl sites for hydroxylation is 1. The van der Waals surface area contributed by atoms with Gasteiger partial charge in [-0.2, -0.15) is 4.98 Å². The number of benzene rings is 1. The number of rotatable bonds is 5. The molecular weight excluding hydrogens is 370 g/mol. The zero-order chi connectivity index (χ0) is 16.6. The molecule has 122 valence electrons. The summed E-state index contributed by atoms with van der Waals surface area (Å²) in [7, 11) is 0. The van der Waals surface area contributed by atoms with Crippen molar-refractivity contribution >= 4 is 15.9 Å². The van der Waals surface area contributed by atoms with Gasteiger partial charge in [0, 0.05) is 18.2 Å². The molecule has 0 radical (unpaired) electrons. The standard InChI is InChI=1S/C16H15BrF2N2O2/c1-9-20-15(14(17)16(22)21(9)7-10-2-3-10)23-8-11-4-5-12(18)6-13(11)19/h4-6,10H,2-3,7-8H2,1H3. The molecule has 1 fully saturated rings. The maximum Gasteiger partial charge on any atom is 0.271 e. The minimum Gasteiger partial charge on any atom is -0.472 e. The Morgan fingerprint density at radius 3 is 2.78 bits per heavy atom. The van der Waals surface area contributed by atoms with Crippen molar-refractivity contribution in [3.8, 4) is 5.88 Å². The van der Waals surface area contributed by atoms with Crippen LogP contribution in [-0.2, 0) is 13.2 Å². The lowest BCUT2D eigenvalue weighted by Gasteiger charge is -2.13. The second-order valence-corrected chi connectivity index (χ2v) is 6.45. The van der Waals surface area contributed by atoms with Gasteiger partial charge < -0.3 is 4.74 Å². The van der Waals surface area contributed by atoms with Crippen LogP contribution in [0.2, 0.25) is 0 Å². The van der Waals surface area contributed by atoms with Crippen LogP contribution in [0.4, 0.5) is 8.78 Å². The van der Waals surface area contributed by atoms with Crippen LogP contribution in [0.5, 0.6) is 5.88 Å². The van der Waals surface area contributed by atoms with E-state index >= 15 is 0 Å². The molecule has 0 bridgehead atoms. The van der Waals surface area contributed by atoms with E-state index in [1.807, 2.05) is 0 Å². The van der Waals surface area contributed by atoms with Crippen LogP contribution in [0.1, 0.15) is 24.2 Å². The van der Waals surface area contributed by atoms with Crippen molar-refractivity contribution in [2.24, 2.45) is 5.92 Å². The molecule has 1 aliphatic rings. The summed E-state index contributed by atoms with van der Waals surface area (Å²) in [4.78, 5) is 16.6. The van der Waals surface area contributed by atoms with Crippen molar-refractivity contribution in [2.75, 3.05) is 0 Å². The molecule has 1 heterocycles. The summed E-state index contributed by atoms with van der Waals surface area (Å²) >= 11 is 3.20. The van der Waals surface area contributed by atoms with E-state index in [2.05, 4.69) is 20.9 Å². The highest BCUT2D eigenvalue weighted by molar-refractivity contribution is 9.10. The molecule has 4 nitrogen and oxygen atoms in total. The number of hydrogen-bond acceptors (Lipinski definition) is 3. The fraction of sp³-hybridized carbons (Fsp3) is 0.375. The highest BCUT2D eigenvalue weighted by Gasteiger charge is 2.24. The average molecular weight is 385 g/mol. The van der Waals surface area contributed by atoms with Crippen molar-refractivity contribution in [1.29, 1.82) is 0 Å². The Hall–Kier alpha value is -1.76. The van der Waals surface area contributed by atoms with Gasteiger partial charge in [-0.05, 0) is 53.7 Å². The quantitative estimate of drug-likeness (QED) is 0.791. The van der Waals surface area contributed by atoms with Crippen molar-refractivity contribution in [3.63, 3.8) is 0 Å². The Morgan fingerprint density at radius 2 is 2.13 bits per heavy atom. The average Bonchev–Trinajstić information content (AvgIpc) is 3.31. The molecule has 0 aliphatic heterocycles. The molecule has 1 aliphatic carbocycles. The Morgan fingerprint density at radius 1 is 1.39 bits per heavy atom. The molecule has 1 aromatic carbocycles. The fourth-order valence-electron chi connectivity index (χ4n) is 2.27. The predicted molar refractivity (Wildman–Crippen MR) is 84.3 cm³/mol. The third-order valence-electron chi connectivity index (χ3n) is 3.79. The van der Waals surface area contributed by atoms with Crippen LogP contribution in [-0.4, -0.2) is 9.55 Å². The molecule has 0 spiro atoms. The largest absolute Gasteiger partial charge is 0.472 e. The molecule has 1 saturated carbocycles. The summed E-state index contributed by atoms with van der Waals surface area (Å²) in [6.45, 7) is 2.26. The summed E-state index contributed by atoms with van der Waals surface area (Å²) in [6, 6.07) is 3.25. The lowest BCUT2D eigenvalue weighted by molar-refractivity contribution is 0.282.